The van der Waals surface area contributed by atoms with Gasteiger partial charge in [-0.2, -0.15) is 5.10 Å². The van der Waals surface area contributed by atoms with Gasteiger partial charge in [-0.3, -0.25) is 9.67 Å². The van der Waals surface area contributed by atoms with Crippen molar-refractivity contribution in [1.29, 1.82) is 0 Å². The molecule has 2 heterocycles. The van der Waals surface area contributed by atoms with Gasteiger partial charge in [-0.25, -0.2) is 9.18 Å². The molecule has 7 heteroatoms. The Morgan fingerprint density at radius 3 is 2.58 bits per heavy atom. The van der Waals surface area contributed by atoms with Gasteiger partial charge in [-0.05, 0) is 42.5 Å². The predicted octanol–water partition coefficient (Wildman–Crippen LogP) is 2.91. The average Bonchev–Trinajstić information content (AvgIpc) is 3.07. The number of nitrogens with one attached hydrogen (secondary N) is 2. The van der Waals surface area contributed by atoms with Gasteiger partial charge < -0.3 is 10.6 Å². The normalized spacial score (nSPS) is 10.4. The van der Waals surface area contributed by atoms with Gasteiger partial charge in [-0.15, -0.1) is 0 Å². The Morgan fingerprint density at radius 1 is 1.08 bits per heavy atom. The Hall–Kier alpha value is -3.22. The van der Waals surface area contributed by atoms with Crippen molar-refractivity contribution in [3.05, 3.63) is 66.9 Å². The smallest absolute Gasteiger partial charge is 0.319 e. The molecule has 0 aliphatic carbocycles. The van der Waals surface area contributed by atoms with E-state index >= 15 is 0 Å². The first-order valence-electron chi connectivity index (χ1n) is 7.45. The van der Waals surface area contributed by atoms with Crippen molar-refractivity contribution in [2.45, 2.75) is 6.54 Å². The molecule has 2 amide bonds. The van der Waals surface area contributed by atoms with E-state index in [1.807, 2.05) is 24.4 Å². The summed E-state index contributed by atoms with van der Waals surface area (Å²) in [7, 11) is 0. The number of anilines is 1. The van der Waals surface area contributed by atoms with E-state index in [9.17, 15) is 9.18 Å². The van der Waals surface area contributed by atoms with E-state index in [0.717, 1.165) is 11.3 Å². The van der Waals surface area contributed by atoms with E-state index in [-0.39, 0.29) is 11.8 Å². The minimum Gasteiger partial charge on any atom is -0.336 e. The molecule has 0 aliphatic heterocycles. The monoisotopic (exact) mass is 325 g/mol. The summed E-state index contributed by atoms with van der Waals surface area (Å²) < 4.78 is 14.6. The van der Waals surface area contributed by atoms with Crippen molar-refractivity contribution < 1.29 is 9.18 Å². The largest absolute Gasteiger partial charge is 0.336 e. The van der Waals surface area contributed by atoms with Gasteiger partial charge in [0.1, 0.15) is 5.82 Å². The Kier molecular flexibility index (Phi) is 4.81. The van der Waals surface area contributed by atoms with E-state index in [2.05, 4.69) is 20.7 Å². The number of halogens is 1. The molecule has 24 heavy (non-hydrogen) atoms. The van der Waals surface area contributed by atoms with Crippen LogP contribution in [0.5, 0.6) is 0 Å². The minimum absolute atomic E-state index is 0.343. The second-order valence-corrected chi connectivity index (χ2v) is 5.09. The van der Waals surface area contributed by atoms with E-state index in [4.69, 9.17) is 0 Å². The number of hydrogen-bond donors (Lipinski definition) is 2. The molecule has 3 aromatic rings. The summed E-state index contributed by atoms with van der Waals surface area (Å²) in [5.74, 6) is -0.343. The summed E-state index contributed by atoms with van der Waals surface area (Å²) in [6.07, 6.45) is 5.29. The number of amides is 2. The van der Waals surface area contributed by atoms with E-state index < -0.39 is 0 Å². The van der Waals surface area contributed by atoms with Crippen molar-refractivity contribution in [2.75, 3.05) is 11.9 Å². The van der Waals surface area contributed by atoms with Crippen LogP contribution in [0.15, 0.2) is 61.1 Å². The lowest BCUT2D eigenvalue weighted by Gasteiger charge is -2.07. The van der Waals surface area contributed by atoms with Gasteiger partial charge in [0.15, 0.2) is 0 Å². The summed E-state index contributed by atoms with van der Waals surface area (Å²) >= 11 is 0. The molecule has 3 rings (SSSR count). The summed E-state index contributed by atoms with van der Waals surface area (Å²) in [5.41, 5.74) is 2.38. The van der Waals surface area contributed by atoms with Crippen LogP contribution in [0.25, 0.3) is 11.3 Å². The first kappa shape index (κ1) is 15.7. The van der Waals surface area contributed by atoms with Gasteiger partial charge in [0.05, 0.1) is 12.2 Å². The van der Waals surface area contributed by atoms with Crippen LogP contribution in [0.2, 0.25) is 0 Å². The SMILES string of the molecule is O=C(NCCn1ccc(-c2ccncc2)n1)Nc1ccc(F)cc1. The molecule has 2 N–H and O–H groups in total. The Balaban J connectivity index is 1.47. The molecule has 122 valence electrons. The molecule has 0 atom stereocenters. The topological polar surface area (TPSA) is 71.8 Å². The number of rotatable bonds is 5. The molecule has 0 bridgehead atoms. The molecule has 0 aliphatic rings. The molecule has 0 spiro atoms. The summed E-state index contributed by atoms with van der Waals surface area (Å²) in [5, 5.41) is 9.81. The number of benzene rings is 1. The first-order chi connectivity index (χ1) is 11.7. The summed E-state index contributed by atoms with van der Waals surface area (Å²) in [6, 6.07) is 10.9. The number of nitrogens with zero attached hydrogens (tertiary/aromatic N) is 3. The van der Waals surface area contributed by atoms with Crippen LogP contribution in [0.3, 0.4) is 0 Å². The zero-order chi connectivity index (χ0) is 16.8. The maximum atomic E-state index is 12.8. The molecule has 0 saturated carbocycles. The number of carbonyl (C=O) groups is 1. The van der Waals surface area contributed by atoms with Gasteiger partial charge in [0, 0.05) is 36.4 Å². The zero-order valence-electron chi connectivity index (χ0n) is 12.8. The van der Waals surface area contributed by atoms with Gasteiger partial charge >= 0.3 is 6.03 Å². The average molecular weight is 325 g/mol. The third-order valence-electron chi connectivity index (χ3n) is 3.35. The number of pyridine rings is 1. The fraction of sp³-hybridized carbons (Fsp3) is 0.118. The van der Waals surface area contributed by atoms with Crippen LogP contribution >= 0.6 is 0 Å². The van der Waals surface area contributed by atoms with Gasteiger partial charge in [0.25, 0.3) is 0 Å². The van der Waals surface area contributed by atoms with E-state index in [1.165, 1.54) is 24.3 Å². The summed E-state index contributed by atoms with van der Waals surface area (Å²) in [4.78, 5) is 15.7. The quantitative estimate of drug-likeness (QED) is 0.757. The highest BCUT2D eigenvalue weighted by Crippen LogP contribution is 2.14. The van der Waals surface area contributed by atoms with Crippen molar-refractivity contribution in [1.82, 2.24) is 20.1 Å². The third kappa shape index (κ3) is 4.16. The maximum absolute atomic E-state index is 12.8. The van der Waals surface area contributed by atoms with E-state index in [0.29, 0.717) is 18.8 Å². The van der Waals surface area contributed by atoms with Crippen LogP contribution in [0, 0.1) is 5.82 Å². The predicted molar refractivity (Wildman–Crippen MR) is 88.9 cm³/mol. The van der Waals surface area contributed by atoms with Crippen LogP contribution in [-0.4, -0.2) is 27.3 Å². The third-order valence-corrected chi connectivity index (χ3v) is 3.35. The Morgan fingerprint density at radius 2 is 1.83 bits per heavy atom. The second kappa shape index (κ2) is 7.36. The molecule has 0 fully saturated rings. The molecular weight excluding hydrogens is 309 g/mol. The number of hydrogen-bond acceptors (Lipinski definition) is 3. The molecule has 1 aromatic carbocycles. The lowest BCUT2D eigenvalue weighted by molar-refractivity contribution is 0.251. The van der Waals surface area contributed by atoms with Crippen LogP contribution in [0.4, 0.5) is 14.9 Å². The number of carbonyl (C=O) groups excluding carboxylic acids is 1. The van der Waals surface area contributed by atoms with Gasteiger partial charge in [-0.1, -0.05) is 0 Å². The van der Waals surface area contributed by atoms with Crippen LogP contribution in [-0.2, 0) is 6.54 Å². The molecule has 0 unspecified atom stereocenters. The second-order valence-electron chi connectivity index (χ2n) is 5.09. The highest BCUT2D eigenvalue weighted by molar-refractivity contribution is 5.89. The molecule has 2 aromatic heterocycles. The zero-order valence-corrected chi connectivity index (χ0v) is 12.8. The lowest BCUT2D eigenvalue weighted by Crippen LogP contribution is -2.31. The van der Waals surface area contributed by atoms with Crippen LogP contribution < -0.4 is 10.6 Å². The highest BCUT2D eigenvalue weighted by Gasteiger charge is 2.04. The van der Waals surface area contributed by atoms with Gasteiger partial charge in [0.2, 0.25) is 0 Å². The molecule has 0 saturated heterocycles. The lowest BCUT2D eigenvalue weighted by atomic mass is 10.2. The maximum Gasteiger partial charge on any atom is 0.319 e. The molecule has 0 radical (unpaired) electrons. The summed E-state index contributed by atoms with van der Waals surface area (Å²) in [6.45, 7) is 0.965. The Bertz CT molecular complexity index is 801. The van der Waals surface area contributed by atoms with Crippen LogP contribution in [0.1, 0.15) is 0 Å². The highest BCUT2D eigenvalue weighted by atomic mass is 19.1. The molecule has 6 nitrogen and oxygen atoms in total. The number of urea groups is 1. The van der Waals surface area contributed by atoms with Crippen molar-refractivity contribution in [2.24, 2.45) is 0 Å². The van der Waals surface area contributed by atoms with E-state index in [1.54, 1.807) is 17.1 Å². The fourth-order valence-electron chi connectivity index (χ4n) is 2.16. The van der Waals surface area contributed by atoms with Crippen molar-refractivity contribution >= 4 is 11.7 Å². The molecular formula is C17H16FN5O. The number of aromatic nitrogens is 3. The fourth-order valence-corrected chi connectivity index (χ4v) is 2.16. The Labute approximate surface area is 138 Å². The van der Waals surface area contributed by atoms with Crippen molar-refractivity contribution in [3.63, 3.8) is 0 Å². The van der Waals surface area contributed by atoms with Crippen molar-refractivity contribution in [3.8, 4) is 11.3 Å². The first-order valence-corrected chi connectivity index (χ1v) is 7.45. The minimum atomic E-state index is -0.344. The standard InChI is InChI=1S/C17H16FN5O/c18-14-1-3-15(4-2-14)21-17(24)20-10-12-23-11-7-16(22-23)13-5-8-19-9-6-13/h1-9,11H,10,12H2,(H2,20,21,24).